The minimum atomic E-state index is -3.46. The highest BCUT2D eigenvalue weighted by molar-refractivity contribution is 7.92. The van der Waals surface area contributed by atoms with E-state index in [-0.39, 0.29) is 30.7 Å². The average molecular weight is 471 g/mol. The molecule has 1 atom stereocenters. The lowest BCUT2D eigenvalue weighted by Crippen LogP contribution is -2.62. The van der Waals surface area contributed by atoms with Crippen molar-refractivity contribution in [2.24, 2.45) is 0 Å². The van der Waals surface area contributed by atoms with Gasteiger partial charge in [-0.3, -0.25) is 24.0 Å². The Morgan fingerprint density at radius 2 is 1.88 bits per heavy atom. The molecule has 33 heavy (non-hydrogen) atoms. The quantitative estimate of drug-likeness (QED) is 0.673. The number of anilines is 3. The first-order valence-electron chi connectivity index (χ1n) is 10.6. The highest BCUT2D eigenvalue weighted by Gasteiger charge is 2.52. The number of sulfonamides is 1. The minimum absolute atomic E-state index is 0.0221. The molecule has 0 radical (unpaired) electrons. The van der Waals surface area contributed by atoms with Gasteiger partial charge in [0, 0.05) is 25.1 Å². The zero-order chi connectivity index (χ0) is 24.0. The summed E-state index contributed by atoms with van der Waals surface area (Å²) in [5, 5.41) is 2.76. The number of fused-ring (bicyclic) bond motifs is 3. The summed E-state index contributed by atoms with van der Waals surface area (Å²) in [5.74, 6) is -0.574. The number of nitrogens with one attached hydrogen (secondary N) is 2. The Kier molecular flexibility index (Phi) is 5.65. The van der Waals surface area contributed by atoms with Crippen LogP contribution in [0.4, 0.5) is 17.1 Å². The van der Waals surface area contributed by atoms with E-state index in [1.807, 2.05) is 6.92 Å². The largest absolute Gasteiger partial charge is 0.326 e. The number of hydrogen-bond acceptors (Lipinski definition) is 5. The summed E-state index contributed by atoms with van der Waals surface area (Å²) in [6.07, 6.45) is 1.91. The van der Waals surface area contributed by atoms with E-state index >= 15 is 0 Å². The molecule has 2 aliphatic rings. The Hall–Kier alpha value is -3.40. The Balaban J connectivity index is 1.50. The van der Waals surface area contributed by atoms with Crippen LogP contribution in [0.2, 0.25) is 0 Å². The molecule has 2 aromatic rings. The SMILES string of the molecule is Cc1ccc(NC(=O)CCN2C(=O)c3ccccc3N3C(=O)CCC23C)cc1NS(C)(=O)=O. The van der Waals surface area contributed by atoms with Crippen molar-refractivity contribution in [3.8, 4) is 0 Å². The molecule has 2 N–H and O–H groups in total. The fraction of sp³-hybridized carbons (Fsp3) is 0.348. The van der Waals surface area contributed by atoms with Gasteiger partial charge in [-0.2, -0.15) is 0 Å². The van der Waals surface area contributed by atoms with Crippen molar-refractivity contribution >= 4 is 44.8 Å². The van der Waals surface area contributed by atoms with Crippen LogP contribution in [0.1, 0.15) is 42.1 Å². The topological polar surface area (TPSA) is 116 Å². The van der Waals surface area contributed by atoms with Crippen LogP contribution in [0.3, 0.4) is 0 Å². The van der Waals surface area contributed by atoms with Gasteiger partial charge >= 0.3 is 0 Å². The molecular formula is C23H26N4O5S. The molecule has 0 aromatic heterocycles. The first-order chi connectivity index (χ1) is 15.5. The molecule has 9 nitrogen and oxygen atoms in total. The molecule has 0 aliphatic carbocycles. The maximum Gasteiger partial charge on any atom is 0.257 e. The van der Waals surface area contributed by atoms with E-state index in [0.29, 0.717) is 35.5 Å². The summed E-state index contributed by atoms with van der Waals surface area (Å²) in [5.41, 5.74) is 1.77. The van der Waals surface area contributed by atoms with E-state index in [4.69, 9.17) is 0 Å². The predicted molar refractivity (Wildman–Crippen MR) is 125 cm³/mol. The van der Waals surface area contributed by atoms with E-state index in [9.17, 15) is 22.8 Å². The van der Waals surface area contributed by atoms with Gasteiger partial charge < -0.3 is 10.2 Å². The van der Waals surface area contributed by atoms with Crippen molar-refractivity contribution in [3.05, 3.63) is 53.6 Å². The van der Waals surface area contributed by atoms with Gasteiger partial charge in [-0.1, -0.05) is 18.2 Å². The average Bonchev–Trinajstić information content (AvgIpc) is 3.04. The molecule has 3 amide bonds. The number of hydrogen-bond donors (Lipinski definition) is 2. The smallest absolute Gasteiger partial charge is 0.257 e. The molecule has 4 rings (SSSR count). The standard InChI is InChI=1S/C23H26N4O5S/c1-15-8-9-16(14-18(15)25-33(3,31)32)24-20(28)11-13-26-22(30)17-6-4-5-7-19(17)27-21(29)10-12-23(26,27)2/h4-9,14,25H,10-13H2,1-3H3,(H,24,28). The minimum Gasteiger partial charge on any atom is -0.326 e. The maximum atomic E-state index is 13.2. The van der Waals surface area contributed by atoms with Gasteiger partial charge in [0.15, 0.2) is 0 Å². The molecule has 1 fully saturated rings. The lowest BCUT2D eigenvalue weighted by atomic mass is 9.98. The van der Waals surface area contributed by atoms with Gasteiger partial charge in [-0.15, -0.1) is 0 Å². The molecule has 1 saturated heterocycles. The van der Waals surface area contributed by atoms with Crippen molar-refractivity contribution < 1.29 is 22.8 Å². The number of para-hydroxylation sites is 1. The molecule has 1 unspecified atom stereocenters. The van der Waals surface area contributed by atoms with E-state index in [0.717, 1.165) is 11.8 Å². The third kappa shape index (κ3) is 4.30. The third-order valence-corrected chi connectivity index (χ3v) is 6.72. The van der Waals surface area contributed by atoms with Crippen LogP contribution in [0.25, 0.3) is 0 Å². The van der Waals surface area contributed by atoms with E-state index in [1.165, 1.54) is 0 Å². The summed E-state index contributed by atoms with van der Waals surface area (Å²) >= 11 is 0. The van der Waals surface area contributed by atoms with Gasteiger partial charge in [0.1, 0.15) is 5.66 Å². The van der Waals surface area contributed by atoms with Gasteiger partial charge in [0.25, 0.3) is 5.91 Å². The van der Waals surface area contributed by atoms with Crippen molar-refractivity contribution in [1.82, 2.24) is 4.90 Å². The Morgan fingerprint density at radius 3 is 2.61 bits per heavy atom. The maximum absolute atomic E-state index is 13.2. The summed E-state index contributed by atoms with van der Waals surface area (Å²) in [6.45, 7) is 3.75. The van der Waals surface area contributed by atoms with Crippen molar-refractivity contribution in [3.63, 3.8) is 0 Å². The number of amides is 3. The van der Waals surface area contributed by atoms with E-state index in [2.05, 4.69) is 10.0 Å². The number of aryl methyl sites for hydroxylation is 1. The number of carbonyl (C=O) groups excluding carboxylic acids is 3. The first-order valence-corrected chi connectivity index (χ1v) is 12.5. The summed E-state index contributed by atoms with van der Waals surface area (Å²) in [4.78, 5) is 41.8. The van der Waals surface area contributed by atoms with Crippen LogP contribution in [-0.4, -0.2) is 49.5 Å². The summed E-state index contributed by atoms with van der Waals surface area (Å²) in [7, 11) is -3.46. The second-order valence-corrected chi connectivity index (χ2v) is 10.4. The Morgan fingerprint density at radius 1 is 1.15 bits per heavy atom. The predicted octanol–water partition coefficient (Wildman–Crippen LogP) is 2.69. The number of nitrogens with zero attached hydrogens (tertiary/aromatic N) is 2. The van der Waals surface area contributed by atoms with Crippen LogP contribution in [0, 0.1) is 6.92 Å². The van der Waals surface area contributed by atoms with Crippen LogP contribution >= 0.6 is 0 Å². The number of rotatable bonds is 6. The van der Waals surface area contributed by atoms with Crippen molar-refractivity contribution in [1.29, 1.82) is 0 Å². The highest BCUT2D eigenvalue weighted by atomic mass is 32.2. The van der Waals surface area contributed by atoms with Crippen molar-refractivity contribution in [2.45, 2.75) is 38.8 Å². The molecular weight excluding hydrogens is 444 g/mol. The first kappa shape index (κ1) is 22.8. The molecule has 2 heterocycles. The van der Waals surface area contributed by atoms with Gasteiger partial charge in [0.05, 0.1) is 23.2 Å². The number of benzene rings is 2. The Labute approximate surface area is 192 Å². The van der Waals surface area contributed by atoms with E-state index < -0.39 is 15.7 Å². The zero-order valence-electron chi connectivity index (χ0n) is 18.7. The van der Waals surface area contributed by atoms with Crippen LogP contribution in [-0.2, 0) is 19.6 Å². The van der Waals surface area contributed by atoms with Crippen LogP contribution < -0.4 is 14.9 Å². The molecule has 0 saturated carbocycles. The fourth-order valence-corrected chi connectivity index (χ4v) is 5.11. The van der Waals surface area contributed by atoms with Gasteiger partial charge in [0.2, 0.25) is 21.8 Å². The van der Waals surface area contributed by atoms with Crippen molar-refractivity contribution in [2.75, 3.05) is 27.7 Å². The molecule has 0 spiro atoms. The molecule has 2 aliphatic heterocycles. The van der Waals surface area contributed by atoms with Gasteiger partial charge in [-0.25, -0.2) is 8.42 Å². The highest BCUT2D eigenvalue weighted by Crippen LogP contribution is 2.44. The van der Waals surface area contributed by atoms with Crippen LogP contribution in [0.5, 0.6) is 0 Å². The summed E-state index contributed by atoms with van der Waals surface area (Å²) < 4.78 is 25.6. The second-order valence-electron chi connectivity index (χ2n) is 8.62. The van der Waals surface area contributed by atoms with Crippen LogP contribution in [0.15, 0.2) is 42.5 Å². The monoisotopic (exact) mass is 470 g/mol. The second kappa shape index (κ2) is 8.18. The molecule has 10 heteroatoms. The Bertz CT molecular complexity index is 1260. The molecule has 0 bridgehead atoms. The summed E-state index contributed by atoms with van der Waals surface area (Å²) in [6, 6.07) is 12.0. The number of carbonyl (C=O) groups is 3. The van der Waals surface area contributed by atoms with E-state index in [1.54, 1.807) is 59.2 Å². The third-order valence-electron chi connectivity index (χ3n) is 6.12. The van der Waals surface area contributed by atoms with Gasteiger partial charge in [-0.05, 0) is 50.1 Å². The normalized spacial score (nSPS) is 19.8. The molecule has 174 valence electrons. The fourth-order valence-electron chi connectivity index (χ4n) is 4.49. The zero-order valence-corrected chi connectivity index (χ0v) is 19.5. The lowest BCUT2D eigenvalue weighted by Gasteiger charge is -2.48. The molecule has 2 aromatic carbocycles. The lowest BCUT2D eigenvalue weighted by molar-refractivity contribution is -0.117.